The molecule has 0 radical (unpaired) electrons. The number of methoxy groups -OCH3 is 1. The zero-order chi connectivity index (χ0) is 32.2. The molecule has 1 unspecified atom stereocenters. The number of hydrogen-bond acceptors (Lipinski definition) is 11. The first-order chi connectivity index (χ1) is 20.7. The molecule has 4 N–H and O–H groups in total. The molecular formula is C30H38F2N8O4. The van der Waals surface area contributed by atoms with Gasteiger partial charge in [0.15, 0.2) is 11.6 Å². The average molecular weight is 613 g/mol. The summed E-state index contributed by atoms with van der Waals surface area (Å²) in [6, 6.07) is 5.37. The van der Waals surface area contributed by atoms with Crippen molar-refractivity contribution in [2.24, 2.45) is 0 Å². The Hall–Kier alpha value is -4.40. The molecule has 1 atom stereocenters. The van der Waals surface area contributed by atoms with Crippen molar-refractivity contribution in [2.45, 2.75) is 31.9 Å². The molecule has 14 heteroatoms. The summed E-state index contributed by atoms with van der Waals surface area (Å²) in [7, 11) is 5.50. The van der Waals surface area contributed by atoms with Gasteiger partial charge in [-0.25, -0.2) is 18.7 Å². The second-order valence-electron chi connectivity index (χ2n) is 11.5. The quantitative estimate of drug-likeness (QED) is 0.233. The molecule has 0 spiro atoms. The minimum Gasteiger partial charge on any atom is -0.494 e. The Balaban J connectivity index is 1.72. The molecule has 1 amide bonds. The van der Waals surface area contributed by atoms with E-state index in [0.717, 1.165) is 17.8 Å². The number of aliphatic hydroxyl groups is 1. The van der Waals surface area contributed by atoms with Crippen molar-refractivity contribution >= 4 is 40.6 Å². The second-order valence-corrected chi connectivity index (χ2v) is 11.5. The van der Waals surface area contributed by atoms with Crippen LogP contribution in [0.5, 0.6) is 5.75 Å². The Bertz CT molecular complexity index is 1530. The van der Waals surface area contributed by atoms with Crippen LogP contribution in [0.1, 0.15) is 26.3 Å². The number of benzene rings is 2. The summed E-state index contributed by atoms with van der Waals surface area (Å²) in [5.41, 5.74) is -0.0616. The normalized spacial score (nSPS) is 16.9. The molecule has 44 heavy (non-hydrogen) atoms. The van der Waals surface area contributed by atoms with Crippen molar-refractivity contribution in [2.75, 3.05) is 68.4 Å². The van der Waals surface area contributed by atoms with Crippen LogP contribution in [0, 0.1) is 11.6 Å². The zero-order valence-corrected chi connectivity index (χ0v) is 25.7. The lowest BCUT2D eigenvalue weighted by molar-refractivity contribution is -0.111. The van der Waals surface area contributed by atoms with E-state index in [1.54, 1.807) is 6.07 Å². The second kappa shape index (κ2) is 13.1. The number of nitrogens with zero attached hydrogens (tertiary/aromatic N) is 5. The molecular weight excluding hydrogens is 574 g/mol. The van der Waals surface area contributed by atoms with E-state index < -0.39 is 28.7 Å². The zero-order valence-electron chi connectivity index (χ0n) is 25.7. The van der Waals surface area contributed by atoms with Crippen LogP contribution in [0.15, 0.2) is 43.2 Å². The van der Waals surface area contributed by atoms with Gasteiger partial charge in [0.2, 0.25) is 17.8 Å². The fraction of sp³-hybridized carbons (Fsp3) is 0.400. The van der Waals surface area contributed by atoms with Gasteiger partial charge >= 0.3 is 0 Å². The number of amides is 1. The highest BCUT2D eigenvalue weighted by Crippen LogP contribution is 2.41. The predicted molar refractivity (Wildman–Crippen MR) is 165 cm³/mol. The summed E-state index contributed by atoms with van der Waals surface area (Å²) < 4.78 is 39.6. The Labute approximate surface area is 255 Å². The van der Waals surface area contributed by atoms with Gasteiger partial charge in [-0.1, -0.05) is 6.58 Å². The highest BCUT2D eigenvalue weighted by molar-refractivity contribution is 6.02. The van der Waals surface area contributed by atoms with Gasteiger partial charge in [-0.15, -0.1) is 0 Å². The fourth-order valence-corrected chi connectivity index (χ4v) is 5.18. The molecule has 2 heterocycles. The molecule has 1 fully saturated rings. The van der Waals surface area contributed by atoms with Gasteiger partial charge in [0.05, 0.1) is 54.2 Å². The van der Waals surface area contributed by atoms with E-state index in [1.807, 2.05) is 20.2 Å². The van der Waals surface area contributed by atoms with Gasteiger partial charge in [-0.3, -0.25) is 4.79 Å². The highest BCUT2D eigenvalue weighted by atomic mass is 19.2. The first kappa shape index (κ1) is 32.5. The maximum atomic E-state index is 14.1. The number of ether oxygens (including phenoxy) is 2. The molecule has 0 saturated carbocycles. The van der Waals surface area contributed by atoms with Crippen molar-refractivity contribution in [1.82, 2.24) is 19.9 Å². The van der Waals surface area contributed by atoms with E-state index in [9.17, 15) is 18.7 Å². The molecule has 1 aliphatic rings. The lowest BCUT2D eigenvalue weighted by atomic mass is 9.96. The number of nitrogens with one attached hydrogen (secondary N) is 3. The molecule has 1 aliphatic heterocycles. The van der Waals surface area contributed by atoms with Gasteiger partial charge in [-0.2, -0.15) is 4.98 Å². The minimum atomic E-state index is -1.49. The van der Waals surface area contributed by atoms with Gasteiger partial charge in [0.25, 0.3) is 0 Å². The first-order valence-electron chi connectivity index (χ1n) is 13.8. The van der Waals surface area contributed by atoms with Crippen LogP contribution in [0.4, 0.5) is 43.4 Å². The lowest BCUT2D eigenvalue weighted by Gasteiger charge is -2.48. The number of hydrogen-bond donors (Lipinski definition) is 4. The van der Waals surface area contributed by atoms with Gasteiger partial charge < -0.3 is 40.3 Å². The molecule has 1 aromatic heterocycles. The maximum Gasteiger partial charge on any atom is 0.247 e. The SMILES string of the molecule is C=CC(=O)Nc1cc(Nc2ncnc(Nc3cc(F)c(F)cc3C(C)(C)O)n2)c(OC)cc1N1CCOCC1(C)CN(C)C. The van der Waals surface area contributed by atoms with Gasteiger partial charge in [0.1, 0.15) is 12.1 Å². The molecule has 2 aromatic carbocycles. The fourth-order valence-electron chi connectivity index (χ4n) is 5.18. The predicted octanol–water partition coefficient (Wildman–Crippen LogP) is 4.15. The third kappa shape index (κ3) is 7.38. The van der Waals surface area contributed by atoms with E-state index in [4.69, 9.17) is 9.47 Å². The number of likely N-dealkylation sites (N-methyl/N-ethyl adjacent to an activating group) is 1. The van der Waals surface area contributed by atoms with Crippen LogP contribution >= 0.6 is 0 Å². The van der Waals surface area contributed by atoms with Crippen LogP contribution in [-0.4, -0.2) is 83.9 Å². The van der Waals surface area contributed by atoms with Crippen molar-refractivity contribution in [3.8, 4) is 5.75 Å². The summed E-state index contributed by atoms with van der Waals surface area (Å²) in [6.07, 6.45) is 2.41. The summed E-state index contributed by atoms with van der Waals surface area (Å²) in [4.78, 5) is 29.4. The number of rotatable bonds is 11. The van der Waals surface area contributed by atoms with Crippen molar-refractivity contribution in [1.29, 1.82) is 0 Å². The van der Waals surface area contributed by atoms with E-state index >= 15 is 0 Å². The Kier molecular flexibility index (Phi) is 9.66. The summed E-state index contributed by atoms with van der Waals surface area (Å²) in [6.45, 7) is 10.8. The number of aromatic nitrogens is 3. The summed E-state index contributed by atoms with van der Waals surface area (Å²) in [5, 5.41) is 19.3. The van der Waals surface area contributed by atoms with Crippen LogP contribution in [0.3, 0.4) is 0 Å². The van der Waals surface area contributed by atoms with E-state index in [1.165, 1.54) is 33.4 Å². The molecule has 12 nitrogen and oxygen atoms in total. The van der Waals surface area contributed by atoms with Crippen LogP contribution in [0.2, 0.25) is 0 Å². The van der Waals surface area contributed by atoms with Crippen LogP contribution in [0.25, 0.3) is 0 Å². The highest BCUT2D eigenvalue weighted by Gasteiger charge is 2.37. The Morgan fingerprint density at radius 1 is 1.16 bits per heavy atom. The number of halogens is 2. The largest absolute Gasteiger partial charge is 0.494 e. The third-order valence-corrected chi connectivity index (χ3v) is 7.02. The van der Waals surface area contributed by atoms with Crippen molar-refractivity contribution < 1.29 is 28.2 Å². The first-order valence-corrected chi connectivity index (χ1v) is 13.8. The molecule has 0 bridgehead atoms. The Morgan fingerprint density at radius 3 is 2.43 bits per heavy atom. The monoisotopic (exact) mass is 612 g/mol. The van der Waals surface area contributed by atoms with Crippen LogP contribution in [-0.2, 0) is 15.1 Å². The third-order valence-electron chi connectivity index (χ3n) is 7.02. The van der Waals surface area contributed by atoms with Crippen molar-refractivity contribution in [3.63, 3.8) is 0 Å². The average Bonchev–Trinajstić information content (AvgIpc) is 2.94. The number of carbonyl (C=O) groups excluding carboxylic acids is 1. The molecule has 236 valence electrons. The molecule has 0 aliphatic carbocycles. The van der Waals surface area contributed by atoms with E-state index in [2.05, 4.69) is 54.2 Å². The number of anilines is 6. The maximum absolute atomic E-state index is 14.1. The van der Waals surface area contributed by atoms with E-state index in [0.29, 0.717) is 43.4 Å². The molecule has 3 aromatic rings. The standard InChI is InChI=1S/C30H38F2N8O4/c1-8-26(41)35-22-13-23(25(43-7)14-24(22)40-9-10-44-16-30(40,4)15-39(5)6)37-28-34-17-33-27(38-28)36-21-12-20(32)19(31)11-18(21)29(2,3)42/h8,11-14,17,42H,1,9-10,15-16H2,2-7H3,(H,35,41)(H2,33,34,36,37,38). The minimum absolute atomic E-state index is 0.00236. The lowest BCUT2D eigenvalue weighted by Crippen LogP contribution is -2.60. The smallest absolute Gasteiger partial charge is 0.247 e. The number of morpholine rings is 1. The molecule has 1 saturated heterocycles. The topological polar surface area (TPSA) is 137 Å². The molecule has 4 rings (SSSR count). The summed E-state index contributed by atoms with van der Waals surface area (Å²) >= 11 is 0. The summed E-state index contributed by atoms with van der Waals surface area (Å²) in [5.74, 6) is -2.07. The van der Waals surface area contributed by atoms with Gasteiger partial charge in [-0.05, 0) is 53.1 Å². The Morgan fingerprint density at radius 2 is 1.82 bits per heavy atom. The van der Waals surface area contributed by atoms with Crippen LogP contribution < -0.4 is 25.6 Å². The number of carbonyl (C=O) groups is 1. The van der Waals surface area contributed by atoms with Crippen molar-refractivity contribution in [3.05, 3.63) is 60.4 Å². The van der Waals surface area contributed by atoms with Gasteiger partial charge in [0, 0.05) is 30.8 Å². The van der Waals surface area contributed by atoms with E-state index in [-0.39, 0.29) is 23.1 Å².